The zero-order valence-electron chi connectivity index (χ0n) is 62.4. The van der Waals surface area contributed by atoms with Gasteiger partial charge in [-0.15, -0.1) is 0 Å². The molecule has 0 spiro atoms. The Labute approximate surface area is 637 Å². The molecule has 0 bridgehead atoms. The first kappa shape index (κ1) is 73.1. The summed E-state index contributed by atoms with van der Waals surface area (Å²) in [4.78, 5) is 25.9. The quantitative estimate of drug-likeness (QED) is 0.0857. The summed E-state index contributed by atoms with van der Waals surface area (Å²) in [5.74, 6) is -1.10. The lowest BCUT2D eigenvalue weighted by atomic mass is 9.94. The van der Waals surface area contributed by atoms with E-state index >= 15 is 13.2 Å². The van der Waals surface area contributed by atoms with Gasteiger partial charge in [0.15, 0.2) is 6.17 Å². The number of fused-ring (bicyclic) bond motifs is 20. The van der Waals surface area contributed by atoms with E-state index in [4.69, 9.17) is 11.6 Å². The molecule has 0 amide bonds. The highest BCUT2D eigenvalue weighted by Crippen LogP contribution is 2.51. The van der Waals surface area contributed by atoms with Crippen LogP contribution in [0.2, 0.25) is 5.02 Å². The second-order valence-corrected chi connectivity index (χ2v) is 31.7. The summed E-state index contributed by atoms with van der Waals surface area (Å²) in [7, 11) is 0. The van der Waals surface area contributed by atoms with E-state index in [0.717, 1.165) is 179 Å². The number of aryl methyl sites for hydroxylation is 3. The van der Waals surface area contributed by atoms with Crippen LogP contribution in [0, 0.1) is 45.1 Å². The molecule has 9 atom stereocenters. The van der Waals surface area contributed by atoms with Crippen molar-refractivity contribution in [3.63, 3.8) is 0 Å². The second kappa shape index (κ2) is 30.5. The van der Waals surface area contributed by atoms with Crippen molar-refractivity contribution >= 4 is 55.2 Å². The van der Waals surface area contributed by atoms with Crippen LogP contribution in [0.15, 0.2) is 147 Å². The Hall–Kier alpha value is -8.67. The van der Waals surface area contributed by atoms with Gasteiger partial charge >= 0.3 is 0 Å². The fourth-order valence-electron chi connectivity index (χ4n) is 19.8. The molecule has 20 rings (SSSR count). The van der Waals surface area contributed by atoms with E-state index in [-0.39, 0.29) is 24.0 Å². The number of aliphatic hydroxyl groups is 4. The number of pyridine rings is 4. The smallest absolute Gasteiger partial charge is 0.153 e. The first-order valence-corrected chi connectivity index (χ1v) is 39.5. The highest BCUT2D eigenvalue weighted by molar-refractivity contribution is 6.36. The van der Waals surface area contributed by atoms with Gasteiger partial charge in [0.1, 0.15) is 17.5 Å². The number of aromatic nitrogens is 8. The number of rotatable bonds is 12. The number of alkyl halides is 1. The average Bonchev–Trinajstić information content (AvgIpc) is 1.60. The fraction of sp³-hybridized carbons (Fsp3) is 0.409. The van der Waals surface area contributed by atoms with E-state index < -0.39 is 42.2 Å². The molecule has 4 fully saturated rings. The molecule has 12 aromatic rings. The summed E-state index contributed by atoms with van der Waals surface area (Å²) in [5, 5.41) is 47.8. The van der Waals surface area contributed by atoms with Crippen LogP contribution in [0.5, 0.6) is 0 Å². The van der Waals surface area contributed by atoms with Gasteiger partial charge in [-0.05, 0) is 223 Å². The fourth-order valence-corrected chi connectivity index (χ4v) is 20.1. The summed E-state index contributed by atoms with van der Waals surface area (Å²) in [6.45, 7) is 16.9. The first-order chi connectivity index (χ1) is 53.0. The Morgan fingerprint density at radius 3 is 1.25 bits per heavy atom. The summed E-state index contributed by atoms with van der Waals surface area (Å²) >= 11 is 6.82. The van der Waals surface area contributed by atoms with E-state index in [9.17, 15) is 24.8 Å². The maximum absolute atomic E-state index is 15.3. The lowest BCUT2D eigenvalue weighted by molar-refractivity contribution is 0.135. The zero-order chi connectivity index (χ0) is 75.0. The molecule has 109 heavy (non-hydrogen) atoms. The standard InChI is InChI=1S/C22H24ClN3O.C22H23F2N3O.2C22H24FN3O/c1-14-4-5-17-21(22(14)23)20-16-3-2-11-25(16)12-8-18(20)26(17)13-19(27)15-6-9-24-10-7-15;1-13-15(23)11-18-21(22(13)24)20-16-3-2-9-26(16)10-6-17(20)27(18)12-19(28)14-4-7-25-8-5-14;1-14-4-5-17-21(22(14)23)20-16-3-2-11-25(16)12-8-18(20)26(17)13-19(27)15-6-9-24-10-7-15;1-14-4-5-18-16(11-14)21-19-3-2-10-25(19)12-17(23)22(21)26(18)13-20(27)15-6-8-24-9-7-15/h4-7,9-10,16,19,27H,2-3,8,11-13H2,1H3;4-5,7-8,11,16,19,28H,2-3,6,9-10,12H2,1H3;4-7,9-10,16,19,27H,2-3,8,11-13H2,1H3;4-9,11,17,19-20,27H,2-3,10,12-13H2,1H3. The first-order valence-electron chi connectivity index (χ1n) is 39.1. The Morgan fingerprint density at radius 2 is 0.789 bits per heavy atom. The van der Waals surface area contributed by atoms with Gasteiger partial charge in [0.05, 0.1) is 77.9 Å². The minimum Gasteiger partial charge on any atom is -0.387 e. The van der Waals surface area contributed by atoms with Crippen LogP contribution in [0.4, 0.5) is 17.6 Å². The maximum atomic E-state index is 15.3. The third-order valence-corrected chi connectivity index (χ3v) is 25.6. The highest BCUT2D eigenvalue weighted by atomic mass is 35.5. The van der Waals surface area contributed by atoms with Crippen LogP contribution < -0.4 is 0 Å². The van der Waals surface area contributed by atoms with Gasteiger partial charge in [-0.1, -0.05) is 35.4 Å². The van der Waals surface area contributed by atoms with Gasteiger partial charge in [0, 0.05) is 186 Å². The van der Waals surface area contributed by atoms with Gasteiger partial charge in [-0.3, -0.25) is 39.5 Å². The zero-order valence-corrected chi connectivity index (χ0v) is 63.1. The Morgan fingerprint density at radius 1 is 0.413 bits per heavy atom. The molecule has 16 nitrogen and oxygen atoms in total. The molecule has 566 valence electrons. The molecule has 4 N–H and O–H groups in total. The number of nitrogens with zero attached hydrogens (tertiary/aromatic N) is 12. The maximum Gasteiger partial charge on any atom is 0.153 e. The van der Waals surface area contributed by atoms with Crippen molar-refractivity contribution in [1.82, 2.24) is 57.8 Å². The van der Waals surface area contributed by atoms with Crippen LogP contribution in [-0.2, 0) is 45.4 Å². The van der Waals surface area contributed by atoms with Crippen LogP contribution in [0.25, 0.3) is 43.6 Å². The van der Waals surface area contributed by atoms with Crippen molar-refractivity contribution in [3.05, 3.63) is 259 Å². The molecule has 8 aromatic heterocycles. The largest absolute Gasteiger partial charge is 0.387 e. The monoisotopic (exact) mass is 1490 g/mol. The normalized spacial score (nSPS) is 21.2. The molecule has 8 aliphatic rings. The Balaban J connectivity index is 0.000000106. The lowest BCUT2D eigenvalue weighted by Gasteiger charge is -2.33. The number of aliphatic hydroxyl groups excluding tert-OH is 4. The Kier molecular flexibility index (Phi) is 20.5. The third kappa shape index (κ3) is 13.4. The van der Waals surface area contributed by atoms with Crippen molar-refractivity contribution in [2.75, 3.05) is 52.4 Å². The van der Waals surface area contributed by atoms with Crippen molar-refractivity contribution < 1.29 is 38.0 Å². The van der Waals surface area contributed by atoms with Gasteiger partial charge in [0.25, 0.3) is 0 Å². The van der Waals surface area contributed by atoms with Gasteiger partial charge in [-0.2, -0.15) is 0 Å². The lowest BCUT2D eigenvalue weighted by Crippen LogP contribution is -2.33. The number of hydrogen-bond acceptors (Lipinski definition) is 12. The molecular weight excluding hydrogens is 1400 g/mol. The van der Waals surface area contributed by atoms with Crippen molar-refractivity contribution in [1.29, 1.82) is 0 Å². The van der Waals surface area contributed by atoms with Crippen LogP contribution in [0.1, 0.15) is 196 Å². The number of hydrogen-bond donors (Lipinski definition) is 4. The predicted molar refractivity (Wildman–Crippen MR) is 418 cm³/mol. The molecule has 8 aliphatic heterocycles. The second-order valence-electron chi connectivity index (χ2n) is 31.4. The molecule has 0 saturated carbocycles. The van der Waals surface area contributed by atoms with Gasteiger partial charge in [-0.25, -0.2) is 17.6 Å². The minimum atomic E-state index is -1.02. The van der Waals surface area contributed by atoms with Crippen molar-refractivity contribution in [2.45, 2.75) is 179 Å². The van der Waals surface area contributed by atoms with Gasteiger partial charge < -0.3 is 38.7 Å². The topological polar surface area (TPSA) is 165 Å². The van der Waals surface area contributed by atoms with Gasteiger partial charge in [0.2, 0.25) is 0 Å². The SMILES string of the molecule is Cc1c(F)cc2c(c1F)c1c(n2CC(O)c2ccncc2)CCN2CCCC12.Cc1ccc2c(c1)c1c(n2CC(O)c2ccncc2)C(F)CN2CCCC12.Cc1ccc2c(c1Cl)c1c(n2CC(O)c2ccncc2)CCN2CCCC12.Cc1ccc2c(c1F)c1c(n2CC(O)c2ccncc2)CCN2CCCC12. The van der Waals surface area contributed by atoms with Crippen molar-refractivity contribution in [3.8, 4) is 0 Å². The van der Waals surface area contributed by atoms with E-state index in [0.29, 0.717) is 60.8 Å². The van der Waals surface area contributed by atoms with E-state index in [2.05, 4.69) is 92.8 Å². The molecule has 0 aliphatic carbocycles. The number of benzene rings is 4. The molecule has 4 aromatic carbocycles. The molecule has 9 unspecified atom stereocenters. The van der Waals surface area contributed by atoms with Crippen LogP contribution >= 0.6 is 11.6 Å². The molecule has 21 heteroatoms. The molecule has 4 saturated heterocycles. The summed E-state index contributed by atoms with van der Waals surface area (Å²) in [5.41, 5.74) is 19.1. The van der Waals surface area contributed by atoms with Crippen LogP contribution in [0.3, 0.4) is 0 Å². The minimum absolute atomic E-state index is 0.0669. The molecule has 0 radical (unpaired) electrons. The van der Waals surface area contributed by atoms with E-state index in [1.165, 1.54) is 66.7 Å². The molecule has 16 heterocycles. The predicted octanol–water partition coefficient (Wildman–Crippen LogP) is 16.6. The molecular formula is C88H95ClF4N12O4. The third-order valence-electron chi connectivity index (χ3n) is 25.1. The average molecular weight is 1500 g/mol. The Bertz CT molecular complexity index is 5180. The van der Waals surface area contributed by atoms with Crippen LogP contribution in [-0.4, -0.2) is 131 Å². The summed E-state index contributed by atoms with van der Waals surface area (Å²) in [6.07, 6.45) is 21.5. The van der Waals surface area contributed by atoms with E-state index in [1.807, 2.05) is 64.6 Å². The van der Waals surface area contributed by atoms with E-state index in [1.54, 1.807) is 61.7 Å². The highest BCUT2D eigenvalue weighted by Gasteiger charge is 2.43. The number of halogens is 5. The summed E-state index contributed by atoms with van der Waals surface area (Å²) < 4.78 is 68.7. The summed E-state index contributed by atoms with van der Waals surface area (Å²) in [6, 6.07) is 31.8. The van der Waals surface area contributed by atoms with Crippen molar-refractivity contribution in [2.24, 2.45) is 0 Å².